The molecule has 2 aromatic rings. The van der Waals surface area contributed by atoms with Crippen LogP contribution in [0.2, 0.25) is 0 Å². The van der Waals surface area contributed by atoms with Crippen molar-refractivity contribution < 1.29 is 4.39 Å². The van der Waals surface area contributed by atoms with E-state index in [4.69, 9.17) is 5.73 Å². The SMILES string of the molecule is Cc1nnc(N2CCCC(N)C2)n(Cc2cc(F)ccc2C#N)c1=O. The Balaban J connectivity index is 2.06. The Morgan fingerprint density at radius 2 is 2.24 bits per heavy atom. The number of benzene rings is 1. The maximum Gasteiger partial charge on any atom is 0.276 e. The molecule has 7 nitrogen and oxygen atoms in total. The van der Waals surface area contributed by atoms with Gasteiger partial charge in [-0.15, -0.1) is 10.2 Å². The fourth-order valence-electron chi connectivity index (χ4n) is 3.04. The van der Waals surface area contributed by atoms with Crippen LogP contribution in [0.3, 0.4) is 0 Å². The van der Waals surface area contributed by atoms with Crippen LogP contribution in [-0.2, 0) is 6.54 Å². The van der Waals surface area contributed by atoms with Crippen molar-refractivity contribution in [3.8, 4) is 6.07 Å². The highest BCUT2D eigenvalue weighted by atomic mass is 19.1. The summed E-state index contributed by atoms with van der Waals surface area (Å²) in [7, 11) is 0. The van der Waals surface area contributed by atoms with Crippen LogP contribution in [0.4, 0.5) is 10.3 Å². The first-order valence-electron chi connectivity index (χ1n) is 8.12. The van der Waals surface area contributed by atoms with Gasteiger partial charge in [0.1, 0.15) is 11.5 Å². The molecule has 1 fully saturated rings. The number of piperidine rings is 1. The molecule has 8 heteroatoms. The monoisotopic (exact) mass is 342 g/mol. The van der Waals surface area contributed by atoms with Crippen molar-refractivity contribution in [1.82, 2.24) is 14.8 Å². The summed E-state index contributed by atoms with van der Waals surface area (Å²) in [6.07, 6.45) is 1.82. The van der Waals surface area contributed by atoms with Crippen LogP contribution in [0.25, 0.3) is 0 Å². The van der Waals surface area contributed by atoms with E-state index in [0.717, 1.165) is 19.4 Å². The lowest BCUT2D eigenvalue weighted by molar-refractivity contribution is 0.487. The smallest absolute Gasteiger partial charge is 0.276 e. The Morgan fingerprint density at radius 3 is 2.96 bits per heavy atom. The van der Waals surface area contributed by atoms with E-state index >= 15 is 0 Å². The van der Waals surface area contributed by atoms with E-state index < -0.39 is 5.82 Å². The highest BCUT2D eigenvalue weighted by Crippen LogP contribution is 2.18. The van der Waals surface area contributed by atoms with Gasteiger partial charge < -0.3 is 10.6 Å². The molecule has 3 rings (SSSR count). The Bertz CT molecular complexity index is 888. The molecule has 1 aromatic carbocycles. The molecule has 2 heterocycles. The summed E-state index contributed by atoms with van der Waals surface area (Å²) in [5, 5.41) is 17.4. The van der Waals surface area contributed by atoms with Crippen molar-refractivity contribution in [2.45, 2.75) is 32.4 Å². The Labute approximate surface area is 144 Å². The zero-order chi connectivity index (χ0) is 18.0. The minimum absolute atomic E-state index is 0.00393. The largest absolute Gasteiger partial charge is 0.339 e. The molecule has 1 saturated heterocycles. The van der Waals surface area contributed by atoms with Gasteiger partial charge in [-0.3, -0.25) is 9.36 Å². The lowest BCUT2D eigenvalue weighted by Gasteiger charge is -2.32. The van der Waals surface area contributed by atoms with Crippen LogP contribution < -0.4 is 16.2 Å². The van der Waals surface area contributed by atoms with Crippen molar-refractivity contribution >= 4 is 5.95 Å². The molecule has 1 aliphatic rings. The second-order valence-corrected chi connectivity index (χ2v) is 6.24. The number of aryl methyl sites for hydroxylation is 1. The number of nitrogens with two attached hydrogens (primary N) is 1. The van der Waals surface area contributed by atoms with Gasteiger partial charge in [0.15, 0.2) is 0 Å². The molecule has 1 aliphatic heterocycles. The summed E-state index contributed by atoms with van der Waals surface area (Å²) in [5.41, 5.74) is 6.72. The Kier molecular flexibility index (Phi) is 4.76. The van der Waals surface area contributed by atoms with Gasteiger partial charge in [0, 0.05) is 19.1 Å². The number of nitrogens with zero attached hydrogens (tertiary/aromatic N) is 5. The Morgan fingerprint density at radius 1 is 1.44 bits per heavy atom. The van der Waals surface area contributed by atoms with E-state index in [1.807, 2.05) is 11.0 Å². The van der Waals surface area contributed by atoms with E-state index in [0.29, 0.717) is 23.6 Å². The highest BCUT2D eigenvalue weighted by molar-refractivity contribution is 5.40. The first kappa shape index (κ1) is 17.0. The summed E-state index contributed by atoms with van der Waals surface area (Å²) < 4.78 is 15.1. The van der Waals surface area contributed by atoms with Gasteiger partial charge in [-0.25, -0.2) is 4.39 Å². The lowest BCUT2D eigenvalue weighted by Crippen LogP contribution is -2.46. The molecule has 0 radical (unpaired) electrons. The van der Waals surface area contributed by atoms with Gasteiger partial charge in [-0.2, -0.15) is 5.26 Å². The van der Waals surface area contributed by atoms with Crippen molar-refractivity contribution in [2.24, 2.45) is 5.73 Å². The normalized spacial score (nSPS) is 17.4. The third kappa shape index (κ3) is 3.51. The zero-order valence-corrected chi connectivity index (χ0v) is 13.9. The quantitative estimate of drug-likeness (QED) is 0.891. The molecule has 25 heavy (non-hydrogen) atoms. The molecule has 2 N–H and O–H groups in total. The van der Waals surface area contributed by atoms with Gasteiger partial charge in [-0.1, -0.05) is 0 Å². The topological polar surface area (TPSA) is 101 Å². The summed E-state index contributed by atoms with van der Waals surface area (Å²) in [4.78, 5) is 14.6. The molecule has 0 bridgehead atoms. The van der Waals surface area contributed by atoms with Crippen LogP contribution in [0, 0.1) is 24.1 Å². The van der Waals surface area contributed by atoms with E-state index in [1.54, 1.807) is 6.92 Å². The second kappa shape index (κ2) is 6.99. The number of aromatic nitrogens is 3. The average molecular weight is 342 g/mol. The van der Waals surface area contributed by atoms with Crippen molar-refractivity contribution in [3.05, 3.63) is 51.2 Å². The van der Waals surface area contributed by atoms with Crippen molar-refractivity contribution in [1.29, 1.82) is 5.26 Å². The van der Waals surface area contributed by atoms with Crippen molar-refractivity contribution in [2.75, 3.05) is 18.0 Å². The fraction of sp³-hybridized carbons (Fsp3) is 0.412. The van der Waals surface area contributed by atoms with E-state index in [9.17, 15) is 14.4 Å². The number of halogens is 1. The summed E-state index contributed by atoms with van der Waals surface area (Å²) >= 11 is 0. The second-order valence-electron chi connectivity index (χ2n) is 6.24. The van der Waals surface area contributed by atoms with Gasteiger partial charge >= 0.3 is 0 Å². The predicted octanol–water partition coefficient (Wildman–Crippen LogP) is 0.933. The highest BCUT2D eigenvalue weighted by Gasteiger charge is 2.23. The summed E-state index contributed by atoms with van der Waals surface area (Å²) in [6.45, 7) is 2.93. The third-order valence-corrected chi connectivity index (χ3v) is 4.34. The number of hydrogen-bond acceptors (Lipinski definition) is 6. The number of hydrogen-bond donors (Lipinski definition) is 1. The van der Waals surface area contributed by atoms with Crippen LogP contribution >= 0.6 is 0 Å². The zero-order valence-electron chi connectivity index (χ0n) is 13.9. The first-order valence-corrected chi connectivity index (χ1v) is 8.12. The molecule has 1 atom stereocenters. The van der Waals surface area contributed by atoms with Crippen molar-refractivity contribution in [3.63, 3.8) is 0 Å². The maximum absolute atomic E-state index is 13.6. The van der Waals surface area contributed by atoms with E-state index in [-0.39, 0.29) is 23.8 Å². The van der Waals surface area contributed by atoms with Gasteiger partial charge in [0.2, 0.25) is 5.95 Å². The molecule has 0 aliphatic carbocycles. The van der Waals surface area contributed by atoms with Crippen LogP contribution in [0.15, 0.2) is 23.0 Å². The minimum Gasteiger partial charge on any atom is -0.339 e. The van der Waals surface area contributed by atoms with Crippen LogP contribution in [-0.4, -0.2) is 33.9 Å². The van der Waals surface area contributed by atoms with E-state index in [1.165, 1.54) is 22.8 Å². The van der Waals surface area contributed by atoms with Crippen LogP contribution in [0.1, 0.15) is 29.7 Å². The molecule has 1 unspecified atom stereocenters. The summed E-state index contributed by atoms with van der Waals surface area (Å²) in [6, 6.07) is 5.94. The van der Waals surface area contributed by atoms with Gasteiger partial charge in [0.25, 0.3) is 5.56 Å². The molecule has 0 amide bonds. The Hall–Kier alpha value is -2.79. The molecule has 0 spiro atoms. The molecular formula is C17H19FN6O. The molecule has 1 aromatic heterocycles. The molecule has 130 valence electrons. The minimum atomic E-state index is -0.456. The maximum atomic E-state index is 13.6. The number of rotatable bonds is 3. The van der Waals surface area contributed by atoms with Gasteiger partial charge in [0.05, 0.1) is 18.2 Å². The number of nitriles is 1. The lowest BCUT2D eigenvalue weighted by atomic mass is 10.1. The first-order chi connectivity index (χ1) is 12.0. The predicted molar refractivity (Wildman–Crippen MR) is 90.7 cm³/mol. The molecular weight excluding hydrogens is 323 g/mol. The number of anilines is 1. The standard InChI is InChI=1S/C17H19FN6O/c1-11-16(25)24(9-13-7-14(18)5-4-12(13)8-19)17(22-21-11)23-6-2-3-15(20)10-23/h4-5,7,15H,2-3,6,9-10,20H2,1H3. The van der Waals surface area contributed by atoms with Crippen LogP contribution in [0.5, 0.6) is 0 Å². The van der Waals surface area contributed by atoms with Gasteiger partial charge in [-0.05, 0) is 43.5 Å². The third-order valence-electron chi connectivity index (χ3n) is 4.34. The summed E-state index contributed by atoms with van der Waals surface area (Å²) in [5.74, 6) is -0.0544. The molecule has 0 saturated carbocycles. The fourth-order valence-corrected chi connectivity index (χ4v) is 3.04. The van der Waals surface area contributed by atoms with E-state index in [2.05, 4.69) is 10.2 Å². The average Bonchev–Trinajstić information content (AvgIpc) is 2.59.